The molecule has 1 aliphatic carbocycles. The van der Waals surface area contributed by atoms with Crippen molar-refractivity contribution in [2.45, 2.75) is 46.1 Å². The molecule has 0 saturated heterocycles. The fourth-order valence-corrected chi connectivity index (χ4v) is 2.55. The van der Waals surface area contributed by atoms with E-state index in [1.54, 1.807) is 0 Å². The van der Waals surface area contributed by atoms with Gasteiger partial charge in [-0.05, 0) is 45.7 Å². The normalized spacial score (nSPS) is 28.4. The summed E-state index contributed by atoms with van der Waals surface area (Å²) in [5.41, 5.74) is 10.7. The van der Waals surface area contributed by atoms with E-state index in [-0.39, 0.29) is 11.9 Å². The molecule has 1 aromatic heterocycles. The Morgan fingerprint density at radius 2 is 2.06 bits per heavy atom. The lowest BCUT2D eigenvalue weighted by atomic mass is 9.84. The Bertz CT molecular complexity index is 418. The van der Waals surface area contributed by atoms with Crippen molar-refractivity contribution >= 4 is 5.91 Å². The highest BCUT2D eigenvalue weighted by Crippen LogP contribution is 2.37. The van der Waals surface area contributed by atoms with Crippen LogP contribution in [0.15, 0.2) is 12.1 Å². The molecule has 0 spiro atoms. The molecule has 1 heterocycles. The number of carbonyl (C=O) groups is 1. The van der Waals surface area contributed by atoms with Crippen LogP contribution in [0.4, 0.5) is 0 Å². The molecule has 1 fully saturated rings. The fourth-order valence-electron chi connectivity index (χ4n) is 2.55. The molecule has 1 saturated carbocycles. The van der Waals surface area contributed by atoms with E-state index in [9.17, 15) is 4.79 Å². The van der Waals surface area contributed by atoms with Crippen LogP contribution >= 0.6 is 0 Å². The lowest BCUT2D eigenvalue weighted by Crippen LogP contribution is -2.46. The van der Waals surface area contributed by atoms with Crippen LogP contribution in [0.1, 0.15) is 37.6 Å². The molecule has 1 amide bonds. The lowest BCUT2D eigenvalue weighted by molar-refractivity contribution is -0.126. The SMILES string of the molecule is Cc1ccc(C)n1NC(=O)C1(C)CCCC1N. The molecule has 4 heteroatoms. The number of rotatable bonds is 2. The number of carbonyl (C=O) groups excluding carboxylic acids is 1. The van der Waals surface area contributed by atoms with Crippen molar-refractivity contribution in [3.8, 4) is 0 Å². The van der Waals surface area contributed by atoms with Gasteiger partial charge in [-0.3, -0.25) is 14.9 Å². The minimum absolute atomic E-state index is 0.0290. The summed E-state index contributed by atoms with van der Waals surface area (Å²) >= 11 is 0. The summed E-state index contributed by atoms with van der Waals surface area (Å²) in [6, 6.07) is 3.96. The molecule has 2 atom stereocenters. The average Bonchev–Trinajstić information content (AvgIpc) is 2.77. The zero-order valence-corrected chi connectivity index (χ0v) is 10.8. The summed E-state index contributed by atoms with van der Waals surface area (Å²) in [4.78, 5) is 12.3. The second-order valence-electron chi connectivity index (χ2n) is 5.31. The van der Waals surface area contributed by atoms with E-state index in [4.69, 9.17) is 5.73 Å². The molecule has 4 nitrogen and oxygen atoms in total. The maximum absolute atomic E-state index is 12.3. The number of nitrogens with zero attached hydrogens (tertiary/aromatic N) is 1. The third-order valence-electron chi connectivity index (χ3n) is 4.03. The summed E-state index contributed by atoms with van der Waals surface area (Å²) in [6.45, 7) is 5.92. The maximum Gasteiger partial charge on any atom is 0.246 e. The third kappa shape index (κ3) is 1.97. The predicted octanol–water partition coefficient (Wildman–Crippen LogP) is 1.69. The molecule has 2 unspecified atom stereocenters. The van der Waals surface area contributed by atoms with Gasteiger partial charge in [0.1, 0.15) is 0 Å². The van der Waals surface area contributed by atoms with E-state index >= 15 is 0 Å². The number of nitrogens with two attached hydrogens (primary N) is 1. The van der Waals surface area contributed by atoms with Gasteiger partial charge in [-0.1, -0.05) is 6.42 Å². The van der Waals surface area contributed by atoms with Crippen LogP contribution in [-0.2, 0) is 4.79 Å². The van der Waals surface area contributed by atoms with Crippen molar-refractivity contribution in [3.63, 3.8) is 0 Å². The molecule has 0 bridgehead atoms. The summed E-state index contributed by atoms with van der Waals surface area (Å²) in [7, 11) is 0. The van der Waals surface area contributed by atoms with Gasteiger partial charge in [-0.15, -0.1) is 0 Å². The summed E-state index contributed by atoms with van der Waals surface area (Å²) in [5.74, 6) is 0.0323. The lowest BCUT2D eigenvalue weighted by Gasteiger charge is -2.28. The Kier molecular flexibility index (Phi) is 3.00. The zero-order chi connectivity index (χ0) is 12.6. The minimum Gasteiger partial charge on any atom is -0.327 e. The number of hydrogen-bond donors (Lipinski definition) is 2. The predicted molar refractivity (Wildman–Crippen MR) is 68.2 cm³/mol. The maximum atomic E-state index is 12.3. The molecule has 0 aromatic carbocycles. The van der Waals surface area contributed by atoms with E-state index in [2.05, 4.69) is 5.43 Å². The minimum atomic E-state index is -0.427. The standard InChI is InChI=1S/C13H21N3O/c1-9-6-7-10(2)16(9)15-12(17)13(3)8-4-5-11(13)14/h6-7,11H,4-5,8,14H2,1-3H3,(H,15,17). The van der Waals surface area contributed by atoms with E-state index in [0.29, 0.717) is 0 Å². The molecule has 17 heavy (non-hydrogen) atoms. The van der Waals surface area contributed by atoms with Crippen LogP contribution < -0.4 is 11.2 Å². The van der Waals surface area contributed by atoms with Gasteiger partial charge in [-0.2, -0.15) is 0 Å². The number of hydrogen-bond acceptors (Lipinski definition) is 2. The van der Waals surface area contributed by atoms with Gasteiger partial charge in [0.05, 0.1) is 5.41 Å². The molecule has 94 valence electrons. The van der Waals surface area contributed by atoms with Crippen molar-refractivity contribution in [3.05, 3.63) is 23.5 Å². The molecule has 0 radical (unpaired) electrons. The molecular weight excluding hydrogens is 214 g/mol. The average molecular weight is 235 g/mol. The highest BCUT2D eigenvalue weighted by atomic mass is 16.2. The molecular formula is C13H21N3O. The monoisotopic (exact) mass is 235 g/mol. The Labute approximate surface area is 102 Å². The number of aromatic nitrogens is 1. The summed E-state index contributed by atoms with van der Waals surface area (Å²) in [6.07, 6.45) is 2.85. The van der Waals surface area contributed by atoms with Gasteiger partial charge < -0.3 is 5.73 Å². The Balaban J connectivity index is 2.17. The largest absolute Gasteiger partial charge is 0.327 e. The number of amides is 1. The second-order valence-corrected chi connectivity index (χ2v) is 5.31. The topological polar surface area (TPSA) is 60.0 Å². The fraction of sp³-hybridized carbons (Fsp3) is 0.615. The van der Waals surface area contributed by atoms with Gasteiger partial charge in [0, 0.05) is 17.4 Å². The molecule has 3 N–H and O–H groups in total. The van der Waals surface area contributed by atoms with Crippen molar-refractivity contribution in [2.75, 3.05) is 5.43 Å². The van der Waals surface area contributed by atoms with Gasteiger partial charge in [0.2, 0.25) is 5.91 Å². The molecule has 1 aromatic rings. The van der Waals surface area contributed by atoms with Gasteiger partial charge in [0.25, 0.3) is 0 Å². The summed E-state index contributed by atoms with van der Waals surface area (Å²) < 4.78 is 1.83. The highest BCUT2D eigenvalue weighted by Gasteiger charge is 2.43. The van der Waals surface area contributed by atoms with Crippen molar-refractivity contribution in [1.82, 2.24) is 4.68 Å². The first-order chi connectivity index (χ1) is 7.95. The first kappa shape index (κ1) is 12.2. The van der Waals surface area contributed by atoms with Gasteiger partial charge >= 0.3 is 0 Å². The van der Waals surface area contributed by atoms with Crippen LogP contribution in [0.3, 0.4) is 0 Å². The van der Waals surface area contributed by atoms with E-state index in [1.165, 1.54) is 0 Å². The van der Waals surface area contributed by atoms with Crippen LogP contribution in [0.5, 0.6) is 0 Å². The van der Waals surface area contributed by atoms with Crippen molar-refractivity contribution in [2.24, 2.45) is 11.1 Å². The Morgan fingerprint density at radius 1 is 1.47 bits per heavy atom. The van der Waals surface area contributed by atoms with Gasteiger partial charge in [0.15, 0.2) is 0 Å². The van der Waals surface area contributed by atoms with Crippen LogP contribution in [0, 0.1) is 19.3 Å². The molecule has 0 aliphatic heterocycles. The Hall–Kier alpha value is -1.29. The Morgan fingerprint density at radius 3 is 2.53 bits per heavy atom. The summed E-state index contributed by atoms with van der Waals surface area (Å²) in [5, 5.41) is 0. The smallest absolute Gasteiger partial charge is 0.246 e. The highest BCUT2D eigenvalue weighted by molar-refractivity contribution is 5.90. The first-order valence-electron chi connectivity index (χ1n) is 6.17. The third-order valence-corrected chi connectivity index (χ3v) is 4.03. The van der Waals surface area contributed by atoms with Crippen molar-refractivity contribution in [1.29, 1.82) is 0 Å². The van der Waals surface area contributed by atoms with E-state index in [0.717, 1.165) is 30.7 Å². The number of nitrogens with one attached hydrogen (secondary N) is 1. The molecule has 1 aliphatic rings. The van der Waals surface area contributed by atoms with Crippen molar-refractivity contribution < 1.29 is 4.79 Å². The van der Waals surface area contributed by atoms with Crippen LogP contribution in [0.25, 0.3) is 0 Å². The zero-order valence-electron chi connectivity index (χ0n) is 10.8. The number of aryl methyl sites for hydroxylation is 2. The molecule has 2 rings (SSSR count). The second kappa shape index (κ2) is 4.18. The van der Waals surface area contributed by atoms with E-state index < -0.39 is 5.41 Å². The first-order valence-corrected chi connectivity index (χ1v) is 6.17. The quantitative estimate of drug-likeness (QED) is 0.819. The van der Waals surface area contributed by atoms with Crippen LogP contribution in [0.2, 0.25) is 0 Å². The van der Waals surface area contributed by atoms with Crippen LogP contribution in [-0.4, -0.2) is 16.6 Å². The van der Waals surface area contributed by atoms with E-state index in [1.807, 2.05) is 37.6 Å². The van der Waals surface area contributed by atoms with Gasteiger partial charge in [-0.25, -0.2) is 0 Å².